The minimum atomic E-state index is 0.0165. The highest BCUT2D eigenvalue weighted by molar-refractivity contribution is 5.94. The van der Waals surface area contributed by atoms with Gasteiger partial charge in [0, 0.05) is 13.1 Å². The Morgan fingerprint density at radius 2 is 2.33 bits per heavy atom. The molecule has 0 radical (unpaired) electrons. The molecule has 0 saturated carbocycles. The Labute approximate surface area is 90.0 Å². The zero-order chi connectivity index (χ0) is 11.3. The first kappa shape index (κ1) is 11.8. The van der Waals surface area contributed by atoms with Gasteiger partial charge < -0.3 is 15.1 Å². The van der Waals surface area contributed by atoms with Crippen LogP contribution in [-0.4, -0.2) is 30.4 Å². The first-order valence-electron chi connectivity index (χ1n) is 5.23. The Hall–Kier alpha value is -1.29. The molecule has 0 aliphatic rings. The summed E-state index contributed by atoms with van der Waals surface area (Å²) in [7, 11) is 0. The van der Waals surface area contributed by atoms with Crippen molar-refractivity contribution < 1.29 is 9.21 Å². The summed E-state index contributed by atoms with van der Waals surface area (Å²) in [5.41, 5.74) is 6.03. The van der Waals surface area contributed by atoms with Crippen molar-refractivity contribution in [3.05, 3.63) is 23.7 Å². The quantitative estimate of drug-likeness (QED) is 0.799. The van der Waals surface area contributed by atoms with Crippen molar-refractivity contribution in [2.45, 2.75) is 20.3 Å². The average molecular weight is 210 g/mol. The lowest BCUT2D eigenvalue weighted by molar-refractivity contribution is 0.0763. The lowest BCUT2D eigenvalue weighted by Crippen LogP contribution is -2.32. The minimum Gasteiger partial charge on any atom is -0.469 e. The maximum atomic E-state index is 11.9. The van der Waals surface area contributed by atoms with Gasteiger partial charge in [-0.15, -0.1) is 0 Å². The third-order valence-corrected chi connectivity index (χ3v) is 2.28. The van der Waals surface area contributed by atoms with E-state index in [0.717, 1.165) is 12.2 Å². The SMILES string of the molecule is CCN(CCCN)C(=O)c1coc(C)c1. The summed E-state index contributed by atoms with van der Waals surface area (Å²) in [6.07, 6.45) is 2.33. The fraction of sp³-hybridized carbons (Fsp3) is 0.545. The summed E-state index contributed by atoms with van der Waals surface area (Å²) in [4.78, 5) is 13.7. The van der Waals surface area contributed by atoms with Gasteiger partial charge in [0.2, 0.25) is 0 Å². The van der Waals surface area contributed by atoms with Crippen molar-refractivity contribution in [3.8, 4) is 0 Å². The molecule has 1 heterocycles. The average Bonchev–Trinajstić information content (AvgIpc) is 2.65. The van der Waals surface area contributed by atoms with E-state index in [1.807, 2.05) is 13.8 Å². The van der Waals surface area contributed by atoms with Gasteiger partial charge in [0.15, 0.2) is 0 Å². The van der Waals surface area contributed by atoms with Crippen molar-refractivity contribution in [2.75, 3.05) is 19.6 Å². The highest BCUT2D eigenvalue weighted by Crippen LogP contribution is 2.09. The molecule has 0 atom stereocenters. The van der Waals surface area contributed by atoms with Crippen molar-refractivity contribution >= 4 is 5.91 Å². The highest BCUT2D eigenvalue weighted by atomic mass is 16.3. The molecule has 2 N–H and O–H groups in total. The second kappa shape index (κ2) is 5.56. The van der Waals surface area contributed by atoms with E-state index >= 15 is 0 Å². The van der Waals surface area contributed by atoms with E-state index in [1.165, 1.54) is 6.26 Å². The van der Waals surface area contributed by atoms with Gasteiger partial charge in [-0.1, -0.05) is 0 Å². The molecule has 0 unspecified atom stereocenters. The number of nitrogens with zero attached hydrogens (tertiary/aromatic N) is 1. The van der Waals surface area contributed by atoms with Crippen LogP contribution in [0.15, 0.2) is 16.7 Å². The number of aryl methyl sites for hydroxylation is 1. The number of carbonyl (C=O) groups excluding carboxylic acids is 1. The van der Waals surface area contributed by atoms with E-state index < -0.39 is 0 Å². The maximum absolute atomic E-state index is 11.9. The lowest BCUT2D eigenvalue weighted by atomic mass is 10.2. The number of carbonyl (C=O) groups is 1. The molecule has 1 amide bonds. The van der Waals surface area contributed by atoms with E-state index in [9.17, 15) is 4.79 Å². The molecule has 15 heavy (non-hydrogen) atoms. The van der Waals surface area contributed by atoms with Crippen molar-refractivity contribution in [3.63, 3.8) is 0 Å². The van der Waals surface area contributed by atoms with E-state index in [4.69, 9.17) is 10.2 Å². The zero-order valence-electron chi connectivity index (χ0n) is 9.32. The number of hydrogen-bond acceptors (Lipinski definition) is 3. The number of nitrogens with two attached hydrogens (primary N) is 1. The summed E-state index contributed by atoms with van der Waals surface area (Å²) >= 11 is 0. The predicted octanol–water partition coefficient (Wildman–Crippen LogP) is 1.40. The van der Waals surface area contributed by atoms with E-state index in [0.29, 0.717) is 25.2 Å². The van der Waals surface area contributed by atoms with Crippen molar-refractivity contribution in [1.29, 1.82) is 0 Å². The maximum Gasteiger partial charge on any atom is 0.257 e. The zero-order valence-corrected chi connectivity index (χ0v) is 9.32. The molecule has 0 aliphatic carbocycles. The summed E-state index contributed by atoms with van der Waals surface area (Å²) < 4.78 is 5.11. The molecule has 0 aliphatic heterocycles. The third-order valence-electron chi connectivity index (χ3n) is 2.28. The molecule has 0 fully saturated rings. The molecule has 4 heteroatoms. The second-order valence-corrected chi connectivity index (χ2v) is 3.47. The molecule has 1 aromatic rings. The van der Waals surface area contributed by atoms with E-state index in [1.54, 1.807) is 11.0 Å². The van der Waals surface area contributed by atoms with Gasteiger partial charge in [-0.2, -0.15) is 0 Å². The van der Waals surface area contributed by atoms with Gasteiger partial charge in [0.1, 0.15) is 12.0 Å². The first-order chi connectivity index (χ1) is 7.19. The van der Waals surface area contributed by atoms with Crippen LogP contribution in [0.1, 0.15) is 29.5 Å². The van der Waals surface area contributed by atoms with Crippen LogP contribution in [0.5, 0.6) is 0 Å². The normalized spacial score (nSPS) is 10.3. The molecule has 0 bridgehead atoms. The van der Waals surface area contributed by atoms with Gasteiger partial charge in [0.05, 0.1) is 5.56 Å². The van der Waals surface area contributed by atoms with Crippen LogP contribution in [-0.2, 0) is 0 Å². The monoisotopic (exact) mass is 210 g/mol. The van der Waals surface area contributed by atoms with Crippen LogP contribution >= 0.6 is 0 Å². The molecular formula is C11H18N2O2. The van der Waals surface area contributed by atoms with Crippen molar-refractivity contribution in [2.24, 2.45) is 5.73 Å². The number of amides is 1. The number of furan rings is 1. The molecule has 1 aromatic heterocycles. The molecule has 0 saturated heterocycles. The highest BCUT2D eigenvalue weighted by Gasteiger charge is 2.15. The number of hydrogen-bond donors (Lipinski definition) is 1. The topological polar surface area (TPSA) is 59.5 Å². The Morgan fingerprint density at radius 1 is 1.60 bits per heavy atom. The Kier molecular flexibility index (Phi) is 4.37. The van der Waals surface area contributed by atoms with Gasteiger partial charge in [-0.05, 0) is 32.9 Å². The van der Waals surface area contributed by atoms with Crippen LogP contribution in [0.25, 0.3) is 0 Å². The summed E-state index contributed by atoms with van der Waals surface area (Å²) in [6.45, 7) is 5.79. The Balaban J connectivity index is 2.64. The Morgan fingerprint density at radius 3 is 2.80 bits per heavy atom. The van der Waals surface area contributed by atoms with Gasteiger partial charge in [0.25, 0.3) is 5.91 Å². The molecule has 4 nitrogen and oxygen atoms in total. The minimum absolute atomic E-state index is 0.0165. The van der Waals surface area contributed by atoms with Crippen LogP contribution in [0.3, 0.4) is 0 Å². The largest absolute Gasteiger partial charge is 0.469 e. The predicted molar refractivity (Wildman–Crippen MR) is 58.7 cm³/mol. The van der Waals surface area contributed by atoms with E-state index in [-0.39, 0.29) is 5.91 Å². The fourth-order valence-electron chi connectivity index (χ4n) is 1.42. The molecule has 0 aromatic carbocycles. The van der Waals surface area contributed by atoms with Crippen molar-refractivity contribution in [1.82, 2.24) is 4.90 Å². The first-order valence-corrected chi connectivity index (χ1v) is 5.23. The molecule has 0 spiro atoms. The molecule has 84 valence electrons. The summed E-state index contributed by atoms with van der Waals surface area (Å²) in [5.74, 6) is 0.774. The van der Waals surface area contributed by atoms with Crippen LogP contribution < -0.4 is 5.73 Å². The second-order valence-electron chi connectivity index (χ2n) is 3.47. The molecular weight excluding hydrogens is 192 g/mol. The van der Waals surface area contributed by atoms with E-state index in [2.05, 4.69) is 0 Å². The Bertz CT molecular complexity index is 320. The van der Waals surface area contributed by atoms with Crippen LogP contribution in [0.4, 0.5) is 0 Å². The number of rotatable bonds is 5. The van der Waals surface area contributed by atoms with Crippen LogP contribution in [0.2, 0.25) is 0 Å². The smallest absolute Gasteiger partial charge is 0.257 e. The lowest BCUT2D eigenvalue weighted by Gasteiger charge is -2.19. The van der Waals surface area contributed by atoms with Gasteiger partial charge in [-0.3, -0.25) is 4.79 Å². The van der Waals surface area contributed by atoms with Crippen LogP contribution in [0, 0.1) is 6.92 Å². The summed E-state index contributed by atoms with van der Waals surface area (Å²) in [5, 5.41) is 0. The molecule has 1 rings (SSSR count). The third kappa shape index (κ3) is 3.09. The fourth-order valence-corrected chi connectivity index (χ4v) is 1.42. The van der Waals surface area contributed by atoms with Gasteiger partial charge >= 0.3 is 0 Å². The standard InChI is InChI=1S/C11H18N2O2/c1-3-13(6-4-5-12)11(14)10-7-9(2)15-8-10/h7-8H,3-6,12H2,1-2H3. The van der Waals surface area contributed by atoms with Gasteiger partial charge in [-0.25, -0.2) is 0 Å². The summed E-state index contributed by atoms with van der Waals surface area (Å²) in [6, 6.07) is 1.76.